The molecule has 0 saturated heterocycles. The summed E-state index contributed by atoms with van der Waals surface area (Å²) in [7, 11) is 0. The standard InChI is InChI=1S/C23H22N4O2/c1-15(22(28)25-18-12-13-19-20(14-18)27-23(29)26-19)24-21(16-8-4-2-5-9-16)17-10-6-3-7-11-17/h2-15,21,24H,1H3,(H,25,28)(H2,26,27,29)/t15-/m1/s1. The van der Waals surface area contributed by atoms with Crippen LogP contribution in [0.25, 0.3) is 11.0 Å². The van der Waals surface area contributed by atoms with Crippen molar-refractivity contribution in [3.63, 3.8) is 0 Å². The van der Waals surface area contributed by atoms with Gasteiger partial charge in [0.2, 0.25) is 5.91 Å². The summed E-state index contributed by atoms with van der Waals surface area (Å²) < 4.78 is 0. The molecule has 29 heavy (non-hydrogen) atoms. The highest BCUT2D eigenvalue weighted by Crippen LogP contribution is 2.23. The number of fused-ring (bicyclic) bond motifs is 1. The zero-order valence-corrected chi connectivity index (χ0v) is 16.0. The highest BCUT2D eigenvalue weighted by Gasteiger charge is 2.20. The van der Waals surface area contributed by atoms with Gasteiger partial charge in [-0.25, -0.2) is 4.79 Å². The van der Waals surface area contributed by atoms with Crippen LogP contribution in [0.5, 0.6) is 0 Å². The third kappa shape index (κ3) is 4.28. The summed E-state index contributed by atoms with van der Waals surface area (Å²) in [6.45, 7) is 1.84. The van der Waals surface area contributed by atoms with Crippen molar-refractivity contribution in [3.05, 3.63) is 100 Å². The van der Waals surface area contributed by atoms with Crippen LogP contribution in [0.1, 0.15) is 24.1 Å². The number of rotatable bonds is 6. The molecule has 0 saturated carbocycles. The van der Waals surface area contributed by atoms with Crippen LogP contribution < -0.4 is 16.3 Å². The van der Waals surface area contributed by atoms with E-state index in [1.54, 1.807) is 18.2 Å². The molecule has 1 atom stereocenters. The summed E-state index contributed by atoms with van der Waals surface area (Å²) in [6, 6.07) is 24.8. The van der Waals surface area contributed by atoms with Crippen molar-refractivity contribution >= 4 is 22.6 Å². The van der Waals surface area contributed by atoms with Gasteiger partial charge in [0.25, 0.3) is 0 Å². The van der Waals surface area contributed by atoms with Gasteiger partial charge in [-0.15, -0.1) is 0 Å². The van der Waals surface area contributed by atoms with E-state index < -0.39 is 6.04 Å². The maximum Gasteiger partial charge on any atom is 0.323 e. The number of benzene rings is 3. The number of carbonyl (C=O) groups excluding carboxylic acids is 1. The normalized spacial score (nSPS) is 12.2. The molecule has 0 aliphatic heterocycles. The largest absolute Gasteiger partial charge is 0.325 e. The molecule has 4 rings (SSSR count). The highest BCUT2D eigenvalue weighted by molar-refractivity contribution is 5.96. The van der Waals surface area contributed by atoms with Crippen molar-refractivity contribution in [2.24, 2.45) is 0 Å². The van der Waals surface area contributed by atoms with Gasteiger partial charge < -0.3 is 15.3 Å². The van der Waals surface area contributed by atoms with Gasteiger partial charge in [-0.05, 0) is 36.2 Å². The average Bonchev–Trinajstić information content (AvgIpc) is 3.12. The molecule has 0 unspecified atom stereocenters. The fourth-order valence-electron chi connectivity index (χ4n) is 3.36. The highest BCUT2D eigenvalue weighted by atomic mass is 16.2. The van der Waals surface area contributed by atoms with E-state index in [-0.39, 0.29) is 17.6 Å². The molecule has 0 fully saturated rings. The van der Waals surface area contributed by atoms with E-state index in [0.29, 0.717) is 16.7 Å². The molecule has 3 aromatic carbocycles. The number of aromatic nitrogens is 2. The lowest BCUT2D eigenvalue weighted by molar-refractivity contribution is -0.117. The van der Waals surface area contributed by atoms with Gasteiger partial charge in [0.1, 0.15) is 0 Å². The van der Waals surface area contributed by atoms with Gasteiger partial charge in [-0.1, -0.05) is 60.7 Å². The molecule has 6 nitrogen and oxygen atoms in total. The number of H-pyrrole nitrogens is 2. The van der Waals surface area contributed by atoms with Crippen LogP contribution in [0.4, 0.5) is 5.69 Å². The Morgan fingerprint density at radius 1 is 0.828 bits per heavy atom. The van der Waals surface area contributed by atoms with Gasteiger partial charge in [0.05, 0.1) is 23.1 Å². The fourth-order valence-corrected chi connectivity index (χ4v) is 3.36. The zero-order chi connectivity index (χ0) is 20.2. The quantitative estimate of drug-likeness (QED) is 0.408. The Morgan fingerprint density at radius 3 is 2.03 bits per heavy atom. The summed E-state index contributed by atoms with van der Waals surface area (Å²) >= 11 is 0. The smallest absolute Gasteiger partial charge is 0.323 e. The van der Waals surface area contributed by atoms with E-state index in [4.69, 9.17) is 0 Å². The molecule has 0 bridgehead atoms. The molecule has 1 heterocycles. The summed E-state index contributed by atoms with van der Waals surface area (Å²) in [5.41, 5.74) is 3.89. The molecule has 1 amide bonds. The zero-order valence-electron chi connectivity index (χ0n) is 16.0. The van der Waals surface area contributed by atoms with E-state index in [1.807, 2.05) is 67.6 Å². The number of anilines is 1. The van der Waals surface area contributed by atoms with Crippen LogP contribution >= 0.6 is 0 Å². The van der Waals surface area contributed by atoms with Gasteiger partial charge in [0.15, 0.2) is 0 Å². The lowest BCUT2D eigenvalue weighted by Crippen LogP contribution is -2.40. The molecule has 0 aliphatic rings. The first-order chi connectivity index (χ1) is 14.1. The second-order valence-corrected chi connectivity index (χ2v) is 6.97. The molecular weight excluding hydrogens is 364 g/mol. The summed E-state index contributed by atoms with van der Waals surface area (Å²) in [6.07, 6.45) is 0. The minimum absolute atomic E-state index is 0.110. The van der Waals surface area contributed by atoms with Gasteiger partial charge >= 0.3 is 5.69 Å². The molecule has 4 aromatic rings. The van der Waals surface area contributed by atoms with Crippen molar-refractivity contribution in [1.29, 1.82) is 0 Å². The second kappa shape index (κ2) is 8.16. The lowest BCUT2D eigenvalue weighted by Gasteiger charge is -2.24. The molecule has 6 heteroatoms. The van der Waals surface area contributed by atoms with Crippen molar-refractivity contribution in [1.82, 2.24) is 15.3 Å². The van der Waals surface area contributed by atoms with Crippen LogP contribution in [0.15, 0.2) is 83.7 Å². The molecule has 4 N–H and O–H groups in total. The predicted octanol–water partition coefficient (Wildman–Crippen LogP) is 3.56. The van der Waals surface area contributed by atoms with E-state index in [2.05, 4.69) is 20.6 Å². The van der Waals surface area contributed by atoms with E-state index >= 15 is 0 Å². The Hall–Kier alpha value is -3.64. The van der Waals surface area contributed by atoms with E-state index in [9.17, 15) is 9.59 Å². The van der Waals surface area contributed by atoms with Crippen LogP contribution in [0.3, 0.4) is 0 Å². The Bertz CT molecular complexity index is 1130. The molecule has 1 aromatic heterocycles. The SMILES string of the molecule is C[C@@H](NC(c1ccccc1)c1ccccc1)C(=O)Nc1ccc2[nH]c(=O)[nH]c2c1. The van der Waals surface area contributed by atoms with Crippen molar-refractivity contribution < 1.29 is 4.79 Å². The number of imidazole rings is 1. The third-order valence-electron chi connectivity index (χ3n) is 4.86. The third-order valence-corrected chi connectivity index (χ3v) is 4.86. The Morgan fingerprint density at radius 2 is 1.41 bits per heavy atom. The Balaban J connectivity index is 1.52. The predicted molar refractivity (Wildman–Crippen MR) is 115 cm³/mol. The van der Waals surface area contributed by atoms with Crippen molar-refractivity contribution in [3.8, 4) is 0 Å². The van der Waals surface area contributed by atoms with Gasteiger partial charge in [-0.2, -0.15) is 0 Å². The summed E-state index contributed by atoms with van der Waals surface area (Å²) in [5, 5.41) is 6.35. The average molecular weight is 386 g/mol. The van der Waals surface area contributed by atoms with E-state index in [0.717, 1.165) is 11.1 Å². The fraction of sp³-hybridized carbons (Fsp3) is 0.130. The van der Waals surface area contributed by atoms with Gasteiger partial charge in [-0.3, -0.25) is 10.1 Å². The molecule has 0 aliphatic carbocycles. The van der Waals surface area contributed by atoms with Crippen LogP contribution in [0, 0.1) is 0 Å². The number of nitrogens with one attached hydrogen (secondary N) is 4. The maximum atomic E-state index is 12.8. The summed E-state index contributed by atoms with van der Waals surface area (Å²) in [5.74, 6) is -0.154. The van der Waals surface area contributed by atoms with Gasteiger partial charge in [0, 0.05) is 5.69 Å². The lowest BCUT2D eigenvalue weighted by atomic mass is 9.98. The van der Waals surface area contributed by atoms with Crippen LogP contribution in [-0.2, 0) is 4.79 Å². The first-order valence-corrected chi connectivity index (χ1v) is 9.49. The van der Waals surface area contributed by atoms with Crippen molar-refractivity contribution in [2.45, 2.75) is 19.0 Å². The first-order valence-electron chi connectivity index (χ1n) is 9.49. The number of amides is 1. The van der Waals surface area contributed by atoms with E-state index in [1.165, 1.54) is 0 Å². The van der Waals surface area contributed by atoms with Crippen LogP contribution in [-0.4, -0.2) is 21.9 Å². The molecule has 0 radical (unpaired) electrons. The first kappa shape index (κ1) is 18.7. The molecule has 146 valence electrons. The number of aromatic amines is 2. The molecular formula is C23H22N4O2. The summed E-state index contributed by atoms with van der Waals surface area (Å²) in [4.78, 5) is 29.6. The molecule has 0 spiro atoms. The topological polar surface area (TPSA) is 89.8 Å². The number of hydrogen-bond acceptors (Lipinski definition) is 3. The second-order valence-electron chi connectivity index (χ2n) is 6.97. The number of hydrogen-bond donors (Lipinski definition) is 4. The Labute approximate surface area is 168 Å². The minimum atomic E-state index is -0.443. The Kier molecular flexibility index (Phi) is 5.27. The monoisotopic (exact) mass is 386 g/mol. The minimum Gasteiger partial charge on any atom is -0.325 e. The van der Waals surface area contributed by atoms with Crippen LogP contribution in [0.2, 0.25) is 0 Å². The maximum absolute atomic E-state index is 12.8. The van der Waals surface area contributed by atoms with Crippen molar-refractivity contribution in [2.75, 3.05) is 5.32 Å². The number of carbonyl (C=O) groups is 1.